The van der Waals surface area contributed by atoms with Gasteiger partial charge in [-0.15, -0.1) is 0 Å². The highest BCUT2D eigenvalue weighted by Crippen LogP contribution is 2.27. The first kappa shape index (κ1) is 19.6. The zero-order valence-corrected chi connectivity index (χ0v) is 17.1. The molecule has 0 aliphatic carbocycles. The van der Waals surface area contributed by atoms with E-state index in [1.165, 1.54) is 0 Å². The lowest BCUT2D eigenvalue weighted by Crippen LogP contribution is -2.25. The molecular weight excluding hydrogens is 382 g/mol. The van der Waals surface area contributed by atoms with Crippen LogP contribution in [-0.4, -0.2) is 45.1 Å². The van der Waals surface area contributed by atoms with Gasteiger partial charge in [0.05, 0.1) is 38.0 Å². The summed E-state index contributed by atoms with van der Waals surface area (Å²) >= 11 is 0. The molecule has 30 heavy (non-hydrogen) atoms. The van der Waals surface area contributed by atoms with Crippen LogP contribution in [-0.2, 0) is 13.6 Å². The second-order valence-corrected chi connectivity index (χ2v) is 6.68. The molecule has 0 saturated heterocycles. The summed E-state index contributed by atoms with van der Waals surface area (Å²) in [5, 5.41) is 4.22. The lowest BCUT2D eigenvalue weighted by Gasteiger charge is -2.11. The van der Waals surface area contributed by atoms with Gasteiger partial charge in [0.25, 0.3) is 0 Å². The van der Waals surface area contributed by atoms with E-state index in [1.54, 1.807) is 37.4 Å². The molecule has 0 spiro atoms. The van der Waals surface area contributed by atoms with Crippen LogP contribution in [0.1, 0.15) is 0 Å². The Labute approximate surface area is 173 Å². The van der Waals surface area contributed by atoms with Crippen LogP contribution in [0.25, 0.3) is 22.4 Å². The highest BCUT2D eigenvalue weighted by Gasteiger charge is 2.09. The summed E-state index contributed by atoms with van der Waals surface area (Å²) in [5.41, 5.74) is 10.4. The van der Waals surface area contributed by atoms with Gasteiger partial charge < -0.3 is 19.8 Å². The number of aromatic nitrogens is 5. The van der Waals surface area contributed by atoms with Crippen molar-refractivity contribution in [1.29, 1.82) is 0 Å². The molecule has 0 radical (unpaired) electrons. The van der Waals surface area contributed by atoms with E-state index in [1.807, 2.05) is 42.1 Å². The van der Waals surface area contributed by atoms with Gasteiger partial charge in [0.1, 0.15) is 22.5 Å². The Balaban J connectivity index is 1.91. The van der Waals surface area contributed by atoms with Crippen LogP contribution in [0.2, 0.25) is 0 Å². The van der Waals surface area contributed by atoms with Gasteiger partial charge in [0, 0.05) is 50.1 Å². The number of methoxy groups -OCH3 is 2. The van der Waals surface area contributed by atoms with E-state index in [0.29, 0.717) is 41.4 Å². The number of aryl methyl sites for hydroxylation is 1. The van der Waals surface area contributed by atoms with Crippen molar-refractivity contribution in [3.8, 4) is 22.8 Å². The Morgan fingerprint density at radius 2 is 1.83 bits per heavy atom. The van der Waals surface area contributed by atoms with E-state index in [9.17, 15) is 0 Å². The molecule has 154 valence electrons. The number of ether oxygens (including phenoxy) is 2. The van der Waals surface area contributed by atoms with Crippen molar-refractivity contribution in [3.05, 3.63) is 54.4 Å². The van der Waals surface area contributed by atoms with Gasteiger partial charge in [-0.3, -0.25) is 9.67 Å². The number of pyridine rings is 1. The van der Waals surface area contributed by atoms with E-state index in [4.69, 9.17) is 25.2 Å². The number of benzene rings is 1. The van der Waals surface area contributed by atoms with E-state index >= 15 is 0 Å². The Hall–Kier alpha value is -3.72. The monoisotopic (exact) mass is 405 g/mol. The molecule has 0 bridgehead atoms. The largest absolute Gasteiger partial charge is 0.497 e. The first-order valence-electron chi connectivity index (χ1n) is 9.45. The maximum Gasteiger partial charge on any atom is 0.160 e. The summed E-state index contributed by atoms with van der Waals surface area (Å²) < 4.78 is 14.4. The SMILES string of the molecule is COc1cc(/N=c2\ccc3ncc(-c4cnn(C)c4)nc3n2CCN)cc(OC)c1. The predicted octanol–water partition coefficient (Wildman–Crippen LogP) is 2.04. The minimum atomic E-state index is 0.437. The fourth-order valence-electron chi connectivity index (χ4n) is 3.19. The zero-order valence-electron chi connectivity index (χ0n) is 17.1. The molecule has 4 rings (SSSR count). The average molecular weight is 405 g/mol. The van der Waals surface area contributed by atoms with Crippen LogP contribution >= 0.6 is 0 Å². The van der Waals surface area contributed by atoms with Crippen molar-refractivity contribution in [2.24, 2.45) is 17.8 Å². The third kappa shape index (κ3) is 3.87. The predicted molar refractivity (Wildman–Crippen MR) is 114 cm³/mol. The first-order valence-corrected chi connectivity index (χ1v) is 9.45. The van der Waals surface area contributed by atoms with Crippen LogP contribution in [0.5, 0.6) is 11.5 Å². The minimum Gasteiger partial charge on any atom is -0.497 e. The van der Waals surface area contributed by atoms with Gasteiger partial charge in [0.2, 0.25) is 0 Å². The molecule has 3 heterocycles. The van der Waals surface area contributed by atoms with E-state index in [-0.39, 0.29) is 0 Å². The summed E-state index contributed by atoms with van der Waals surface area (Å²) in [5.74, 6) is 1.33. The van der Waals surface area contributed by atoms with Crippen molar-refractivity contribution in [3.63, 3.8) is 0 Å². The van der Waals surface area contributed by atoms with E-state index < -0.39 is 0 Å². The highest BCUT2D eigenvalue weighted by atomic mass is 16.5. The number of nitrogens with zero attached hydrogens (tertiary/aromatic N) is 6. The first-order chi connectivity index (χ1) is 14.6. The van der Waals surface area contributed by atoms with E-state index in [0.717, 1.165) is 16.8 Å². The summed E-state index contributed by atoms with van der Waals surface area (Å²) in [6.07, 6.45) is 5.41. The molecule has 1 aromatic carbocycles. The van der Waals surface area contributed by atoms with Gasteiger partial charge in [-0.25, -0.2) is 9.98 Å². The lowest BCUT2D eigenvalue weighted by atomic mass is 10.2. The smallest absolute Gasteiger partial charge is 0.160 e. The molecule has 0 atom stereocenters. The standard InChI is InChI=1S/C21H23N7O2/c1-27-13-14(11-24-27)19-12-23-18-4-5-20(28(7-6-22)21(18)26-19)25-15-8-16(29-2)10-17(9-15)30-3/h4-5,8-13H,6-7,22H2,1-3H3/b25-20+. The molecule has 9 heteroatoms. The fourth-order valence-corrected chi connectivity index (χ4v) is 3.19. The normalized spacial score (nSPS) is 11.8. The van der Waals surface area contributed by atoms with Crippen LogP contribution in [0.4, 0.5) is 5.69 Å². The summed E-state index contributed by atoms with van der Waals surface area (Å²) in [4.78, 5) is 14.2. The number of fused-ring (bicyclic) bond motifs is 1. The summed E-state index contributed by atoms with van der Waals surface area (Å²) in [6.45, 7) is 0.981. The molecule has 3 aromatic heterocycles. The van der Waals surface area contributed by atoms with Gasteiger partial charge in [-0.05, 0) is 12.1 Å². The van der Waals surface area contributed by atoms with Crippen LogP contribution < -0.4 is 20.7 Å². The number of rotatable bonds is 6. The number of hydrogen-bond donors (Lipinski definition) is 1. The molecule has 0 amide bonds. The molecular formula is C21H23N7O2. The third-order valence-corrected chi connectivity index (χ3v) is 4.64. The highest BCUT2D eigenvalue weighted by molar-refractivity contribution is 5.73. The molecule has 0 aliphatic heterocycles. The van der Waals surface area contributed by atoms with Crippen LogP contribution in [0.15, 0.2) is 53.9 Å². The summed E-state index contributed by atoms with van der Waals surface area (Å²) in [6, 6.07) is 9.30. The van der Waals surface area contributed by atoms with Crippen molar-refractivity contribution < 1.29 is 9.47 Å². The third-order valence-electron chi connectivity index (χ3n) is 4.64. The van der Waals surface area contributed by atoms with Gasteiger partial charge in [0.15, 0.2) is 5.65 Å². The second-order valence-electron chi connectivity index (χ2n) is 6.68. The Morgan fingerprint density at radius 3 is 2.47 bits per heavy atom. The Bertz CT molecular complexity index is 1240. The Kier molecular flexibility index (Phi) is 5.44. The Morgan fingerprint density at radius 1 is 1.07 bits per heavy atom. The number of hydrogen-bond acceptors (Lipinski definition) is 7. The number of nitrogens with two attached hydrogens (primary N) is 1. The van der Waals surface area contributed by atoms with Crippen molar-refractivity contribution in [2.45, 2.75) is 6.54 Å². The minimum absolute atomic E-state index is 0.437. The maximum atomic E-state index is 5.89. The average Bonchev–Trinajstić information content (AvgIpc) is 3.21. The summed E-state index contributed by atoms with van der Waals surface area (Å²) in [7, 11) is 5.09. The van der Waals surface area contributed by atoms with E-state index in [2.05, 4.69) is 10.1 Å². The molecule has 0 aliphatic rings. The van der Waals surface area contributed by atoms with Gasteiger partial charge in [-0.1, -0.05) is 0 Å². The van der Waals surface area contributed by atoms with Gasteiger partial charge >= 0.3 is 0 Å². The van der Waals surface area contributed by atoms with Crippen LogP contribution in [0, 0.1) is 0 Å². The van der Waals surface area contributed by atoms with Crippen molar-refractivity contribution >= 4 is 16.9 Å². The topological polar surface area (TPSA) is 105 Å². The molecule has 0 unspecified atom stereocenters. The van der Waals surface area contributed by atoms with Crippen molar-refractivity contribution in [1.82, 2.24) is 24.3 Å². The van der Waals surface area contributed by atoms with Crippen molar-refractivity contribution in [2.75, 3.05) is 20.8 Å². The molecule has 0 saturated carbocycles. The quantitative estimate of drug-likeness (QED) is 0.526. The molecule has 4 aromatic rings. The second kappa shape index (κ2) is 8.34. The molecule has 2 N–H and O–H groups in total. The maximum absolute atomic E-state index is 5.89. The molecule has 0 fully saturated rings. The van der Waals surface area contributed by atoms with Gasteiger partial charge in [-0.2, -0.15) is 5.10 Å². The molecule has 9 nitrogen and oxygen atoms in total. The fraction of sp³-hybridized carbons (Fsp3) is 0.238. The zero-order chi connectivity index (χ0) is 21.1. The van der Waals surface area contributed by atoms with Crippen LogP contribution in [0.3, 0.4) is 0 Å². The lowest BCUT2D eigenvalue weighted by molar-refractivity contribution is 0.394.